The predicted molar refractivity (Wildman–Crippen MR) is 216 cm³/mol. The second kappa shape index (κ2) is 24.3. The smallest absolute Gasteiger partial charge is 0.330 e. The molecule has 0 bridgehead atoms. The monoisotopic (exact) mass is 823 g/mol. The molecule has 2 fully saturated rings. The standard InChI is InChI=1S/C41H70N6O11/c1-4-5-6-7-8-9-10-11-12-13-14-15-16-17-18-19-20-23-43-37(53)27-21-24-45(2)30(38(54)46(27)3)35(58-40-34(52)31(49)28(26-42)56-40)36-32(50)33(51)39(57-36)47-25-22-29(48)44-41(47)55/h21-22,25,28,30-36,39-40,49-52H,4-20,23-24,26,42H2,1-3H3,(H,43,53)(H,44,48,55)/t28?,30-,31?,32?,33?,34?,35-,36?,39?,40?/m0/s1. The number of nitrogens with one attached hydrogen (secondary N) is 2. The number of hydrogen-bond donors (Lipinski definition) is 7. The Kier molecular flexibility index (Phi) is 20.0. The topological polar surface area (TPSA) is 242 Å². The van der Waals surface area contributed by atoms with Crippen LogP contribution in [0, 0.1) is 0 Å². The average Bonchev–Trinajstić information content (AvgIpc) is 3.60. The van der Waals surface area contributed by atoms with E-state index in [4.69, 9.17) is 19.9 Å². The third kappa shape index (κ3) is 13.0. The van der Waals surface area contributed by atoms with Gasteiger partial charge in [0.1, 0.15) is 54.5 Å². The fraction of sp³-hybridized carbons (Fsp3) is 0.805. The number of carbonyl (C=O) groups excluding carboxylic acids is 2. The molecule has 10 atom stereocenters. The zero-order chi connectivity index (χ0) is 42.2. The Morgan fingerprint density at radius 3 is 1.95 bits per heavy atom. The summed E-state index contributed by atoms with van der Waals surface area (Å²) in [6, 6.07) is -0.265. The summed E-state index contributed by atoms with van der Waals surface area (Å²) in [5, 5.41) is 46.6. The molecular formula is C41H70N6O11. The second-order valence-electron chi connectivity index (χ2n) is 16.1. The Bertz CT molecular complexity index is 1560. The minimum Gasteiger partial charge on any atom is -0.387 e. The van der Waals surface area contributed by atoms with Gasteiger partial charge in [-0.1, -0.05) is 110 Å². The number of hydrogen-bond acceptors (Lipinski definition) is 13. The molecule has 2 amide bonds. The lowest BCUT2D eigenvalue weighted by Crippen LogP contribution is -2.59. The Balaban J connectivity index is 1.28. The van der Waals surface area contributed by atoms with Crippen LogP contribution in [0.3, 0.4) is 0 Å². The van der Waals surface area contributed by atoms with Crippen molar-refractivity contribution < 1.29 is 44.2 Å². The van der Waals surface area contributed by atoms with Crippen molar-refractivity contribution in [1.82, 2.24) is 24.7 Å². The van der Waals surface area contributed by atoms with Crippen molar-refractivity contribution in [3.63, 3.8) is 0 Å². The van der Waals surface area contributed by atoms with E-state index in [0.717, 1.165) is 36.1 Å². The number of likely N-dealkylation sites (N-methyl/N-ethyl adjacent to an activating group) is 2. The summed E-state index contributed by atoms with van der Waals surface area (Å²) in [6.45, 7) is 2.60. The third-order valence-corrected chi connectivity index (χ3v) is 11.7. The number of nitrogens with two attached hydrogens (primary N) is 1. The molecule has 2 saturated heterocycles. The van der Waals surface area contributed by atoms with E-state index in [0.29, 0.717) is 6.54 Å². The molecule has 330 valence electrons. The number of aliphatic hydroxyl groups excluding tert-OH is 4. The number of aliphatic hydroxyl groups is 4. The zero-order valence-corrected chi connectivity index (χ0v) is 34.7. The molecular weight excluding hydrogens is 752 g/mol. The summed E-state index contributed by atoms with van der Waals surface area (Å²) in [4.78, 5) is 56.8. The molecule has 1 aromatic heterocycles. The first kappa shape index (κ1) is 47.7. The van der Waals surface area contributed by atoms with Crippen molar-refractivity contribution in [2.75, 3.05) is 33.7 Å². The number of aromatic nitrogens is 2. The molecule has 3 aliphatic heterocycles. The Labute approximate surface area is 341 Å². The highest BCUT2D eigenvalue weighted by molar-refractivity contribution is 5.99. The van der Waals surface area contributed by atoms with Gasteiger partial charge in [0, 0.05) is 38.9 Å². The number of nitrogens with zero attached hydrogens (tertiary/aromatic N) is 3. The summed E-state index contributed by atoms with van der Waals surface area (Å²) in [6.07, 6.45) is 10.5. The largest absolute Gasteiger partial charge is 0.387 e. The molecule has 0 saturated carbocycles. The van der Waals surface area contributed by atoms with Crippen LogP contribution in [0.25, 0.3) is 0 Å². The molecule has 4 heterocycles. The highest BCUT2D eigenvalue weighted by Gasteiger charge is 2.55. The van der Waals surface area contributed by atoms with Gasteiger partial charge < -0.3 is 50.6 Å². The summed E-state index contributed by atoms with van der Waals surface area (Å²) < 4.78 is 18.8. The van der Waals surface area contributed by atoms with E-state index in [-0.39, 0.29) is 18.8 Å². The lowest BCUT2D eigenvalue weighted by atomic mass is 9.97. The van der Waals surface area contributed by atoms with Crippen LogP contribution in [0.4, 0.5) is 0 Å². The Morgan fingerprint density at radius 1 is 0.845 bits per heavy atom. The van der Waals surface area contributed by atoms with Crippen LogP contribution in [-0.4, -0.2) is 140 Å². The van der Waals surface area contributed by atoms with Crippen LogP contribution in [0.5, 0.6) is 0 Å². The van der Waals surface area contributed by atoms with Crippen LogP contribution in [-0.2, 0) is 23.8 Å². The zero-order valence-electron chi connectivity index (χ0n) is 34.7. The van der Waals surface area contributed by atoms with Gasteiger partial charge in [-0.3, -0.25) is 28.8 Å². The van der Waals surface area contributed by atoms with E-state index < -0.39 is 84.4 Å². The molecule has 4 rings (SSSR count). The number of H-pyrrole nitrogens is 1. The quantitative estimate of drug-likeness (QED) is 0.0691. The molecule has 17 nitrogen and oxygen atoms in total. The van der Waals surface area contributed by atoms with E-state index in [1.54, 1.807) is 18.0 Å². The van der Waals surface area contributed by atoms with E-state index >= 15 is 0 Å². The Hall–Kier alpha value is -3.00. The van der Waals surface area contributed by atoms with E-state index in [2.05, 4.69) is 17.2 Å². The fourth-order valence-electron chi connectivity index (χ4n) is 8.09. The normalized spacial score (nSPS) is 28.5. The Morgan fingerprint density at radius 2 is 1.41 bits per heavy atom. The fourth-order valence-corrected chi connectivity index (χ4v) is 8.09. The number of ether oxygens (including phenoxy) is 3. The van der Waals surface area contributed by atoms with Gasteiger partial charge in [0.05, 0.1) is 0 Å². The summed E-state index contributed by atoms with van der Waals surface area (Å²) in [7, 11) is 3.03. The molecule has 0 aliphatic carbocycles. The first-order chi connectivity index (χ1) is 27.9. The van der Waals surface area contributed by atoms with Gasteiger partial charge in [-0.15, -0.1) is 0 Å². The molecule has 0 spiro atoms. The molecule has 8 N–H and O–H groups in total. The van der Waals surface area contributed by atoms with Crippen molar-refractivity contribution in [2.45, 2.75) is 177 Å². The van der Waals surface area contributed by atoms with Gasteiger partial charge in [0.25, 0.3) is 11.5 Å². The van der Waals surface area contributed by atoms with Crippen LogP contribution in [0.15, 0.2) is 33.6 Å². The van der Waals surface area contributed by atoms with Gasteiger partial charge in [0.15, 0.2) is 12.5 Å². The van der Waals surface area contributed by atoms with Crippen LogP contribution >= 0.6 is 0 Å². The lowest BCUT2D eigenvalue weighted by molar-refractivity contribution is -0.232. The number of carbonyl (C=O) groups is 2. The highest BCUT2D eigenvalue weighted by Crippen LogP contribution is 2.36. The molecule has 58 heavy (non-hydrogen) atoms. The maximum Gasteiger partial charge on any atom is 0.330 e. The number of unbranched alkanes of at least 4 members (excludes halogenated alkanes) is 16. The van der Waals surface area contributed by atoms with E-state index in [9.17, 15) is 39.6 Å². The van der Waals surface area contributed by atoms with Gasteiger partial charge in [-0.25, -0.2) is 4.79 Å². The lowest BCUT2D eigenvalue weighted by Gasteiger charge is -2.38. The number of rotatable bonds is 25. The number of amides is 2. The van der Waals surface area contributed by atoms with Gasteiger partial charge >= 0.3 is 5.69 Å². The number of aromatic amines is 1. The van der Waals surface area contributed by atoms with Crippen LogP contribution in [0.1, 0.15) is 122 Å². The van der Waals surface area contributed by atoms with Crippen molar-refractivity contribution in [1.29, 1.82) is 0 Å². The molecule has 0 radical (unpaired) electrons. The van der Waals surface area contributed by atoms with E-state index in [1.165, 1.54) is 102 Å². The molecule has 1 aromatic rings. The predicted octanol–water partition coefficient (Wildman–Crippen LogP) is 1.37. The molecule has 17 heteroatoms. The molecule has 3 aliphatic rings. The van der Waals surface area contributed by atoms with Crippen molar-refractivity contribution in [3.05, 3.63) is 44.9 Å². The maximum absolute atomic E-state index is 14.3. The maximum atomic E-state index is 14.3. The first-order valence-electron chi connectivity index (χ1n) is 21.6. The third-order valence-electron chi connectivity index (χ3n) is 11.7. The van der Waals surface area contributed by atoms with Gasteiger partial charge in [-0.2, -0.15) is 0 Å². The average molecular weight is 823 g/mol. The minimum atomic E-state index is -1.75. The summed E-state index contributed by atoms with van der Waals surface area (Å²) >= 11 is 0. The molecule has 0 aromatic carbocycles. The summed E-state index contributed by atoms with van der Waals surface area (Å²) in [5.41, 5.74) is 4.21. The van der Waals surface area contributed by atoms with Crippen molar-refractivity contribution >= 4 is 11.8 Å². The van der Waals surface area contributed by atoms with Crippen molar-refractivity contribution in [2.24, 2.45) is 5.73 Å². The van der Waals surface area contributed by atoms with Gasteiger partial charge in [0.2, 0.25) is 5.91 Å². The second-order valence-corrected chi connectivity index (χ2v) is 16.1. The van der Waals surface area contributed by atoms with Gasteiger partial charge in [-0.05, 0) is 19.5 Å². The van der Waals surface area contributed by atoms with E-state index in [1.807, 2.05) is 0 Å². The SMILES string of the molecule is CCCCCCCCCCCCCCCCCCCNC(=O)C1=CCN(C)[C@@H]([C@H](OC2OC(CN)C(O)C2O)C2OC(n3ccc(=O)[nH]c3=O)C(O)C2O)C(=O)N1C. The first-order valence-corrected chi connectivity index (χ1v) is 21.6. The minimum absolute atomic E-state index is 0.0682. The highest BCUT2D eigenvalue weighted by atomic mass is 16.7. The molecule has 8 unspecified atom stereocenters. The van der Waals surface area contributed by atoms with Crippen LogP contribution in [0.2, 0.25) is 0 Å². The van der Waals surface area contributed by atoms with Crippen molar-refractivity contribution in [3.8, 4) is 0 Å². The summed E-state index contributed by atoms with van der Waals surface area (Å²) in [5.74, 6) is -1.07. The van der Waals surface area contributed by atoms with Crippen LogP contribution < -0.4 is 22.3 Å².